The molecule has 0 unspecified atom stereocenters. The molecule has 2 aromatic carbocycles. The van der Waals surface area contributed by atoms with Gasteiger partial charge in [-0.15, -0.1) is 0 Å². The molecule has 3 rings (SSSR count). The number of aromatic nitrogens is 2. The molecular formula is C17H16N2. The number of hydrogen-bond donors (Lipinski definition) is 0. The molecule has 3 aromatic rings. The Labute approximate surface area is 113 Å². The van der Waals surface area contributed by atoms with E-state index < -0.39 is 0 Å². The molecule has 0 fully saturated rings. The molecule has 0 atom stereocenters. The van der Waals surface area contributed by atoms with Crippen LogP contribution in [0.4, 0.5) is 0 Å². The predicted molar refractivity (Wildman–Crippen MR) is 75.6 cm³/mol. The summed E-state index contributed by atoms with van der Waals surface area (Å²) in [5.41, 5.74) is 4.77. The van der Waals surface area contributed by atoms with Gasteiger partial charge < -0.3 is 0 Å². The molecule has 0 aliphatic carbocycles. The second-order valence-corrected chi connectivity index (χ2v) is 4.82. The molecule has 1 aromatic heterocycles. The van der Waals surface area contributed by atoms with Crippen molar-refractivity contribution >= 4 is 0 Å². The van der Waals surface area contributed by atoms with Gasteiger partial charge in [0.25, 0.3) is 6.33 Å². The highest BCUT2D eigenvalue weighted by atomic mass is 15.1. The van der Waals surface area contributed by atoms with Crippen LogP contribution in [0.15, 0.2) is 60.9 Å². The number of nitrogens with zero attached hydrogens (tertiary/aromatic N) is 2. The summed E-state index contributed by atoms with van der Waals surface area (Å²) >= 11 is 0. The van der Waals surface area contributed by atoms with E-state index in [2.05, 4.69) is 68.7 Å². The molecule has 0 aliphatic rings. The van der Waals surface area contributed by atoms with Gasteiger partial charge in [0.15, 0.2) is 0 Å². The van der Waals surface area contributed by atoms with Crippen molar-refractivity contribution in [1.29, 1.82) is 0 Å². The summed E-state index contributed by atoms with van der Waals surface area (Å²) in [5.74, 6) is 0. The Morgan fingerprint density at radius 2 is 1.68 bits per heavy atom. The van der Waals surface area contributed by atoms with Gasteiger partial charge in [0.1, 0.15) is 0 Å². The van der Waals surface area contributed by atoms with E-state index in [0.717, 1.165) is 11.4 Å². The zero-order valence-corrected chi connectivity index (χ0v) is 11.2. The number of imidazole rings is 1. The van der Waals surface area contributed by atoms with Crippen LogP contribution in [-0.2, 0) is 0 Å². The zero-order valence-electron chi connectivity index (χ0n) is 11.2. The van der Waals surface area contributed by atoms with Crippen LogP contribution in [-0.4, -0.2) is 4.57 Å². The van der Waals surface area contributed by atoms with E-state index in [1.807, 2.05) is 21.5 Å². The molecule has 0 saturated heterocycles. The van der Waals surface area contributed by atoms with Crippen molar-refractivity contribution in [3.8, 4) is 11.4 Å². The van der Waals surface area contributed by atoms with Gasteiger partial charge in [-0.25, -0.2) is 0 Å². The lowest BCUT2D eigenvalue weighted by Gasteiger charge is -2.03. The van der Waals surface area contributed by atoms with E-state index in [9.17, 15) is 0 Å². The molecule has 0 bridgehead atoms. The summed E-state index contributed by atoms with van der Waals surface area (Å²) in [6.45, 7) is 4.20. The van der Waals surface area contributed by atoms with Crippen LogP contribution in [0.1, 0.15) is 11.1 Å². The molecular weight excluding hydrogens is 232 g/mol. The lowest BCUT2D eigenvalue weighted by Crippen LogP contribution is -2.28. The predicted octanol–water partition coefficient (Wildman–Crippen LogP) is 3.17. The van der Waals surface area contributed by atoms with E-state index in [-0.39, 0.29) is 0 Å². The van der Waals surface area contributed by atoms with E-state index in [1.54, 1.807) is 0 Å². The minimum atomic E-state index is 1.13. The fraction of sp³-hybridized carbons (Fsp3) is 0.118. The highest BCUT2D eigenvalue weighted by Gasteiger charge is 2.02. The van der Waals surface area contributed by atoms with Crippen LogP contribution >= 0.6 is 0 Å². The van der Waals surface area contributed by atoms with E-state index in [0.29, 0.717) is 0 Å². The standard InChI is InChI=1S/C17H16N2/c1-14-5-3-7-16(11-14)18-9-10-19(13-18)17-8-4-6-15(2)12-17/h3-12H,1-2H3. The molecule has 2 heteroatoms. The van der Waals surface area contributed by atoms with Gasteiger partial charge in [-0.3, -0.25) is 9.13 Å². The summed E-state index contributed by atoms with van der Waals surface area (Å²) in [4.78, 5) is 0. The quantitative estimate of drug-likeness (QED) is 0.486. The Morgan fingerprint density at radius 1 is 0.947 bits per heavy atom. The molecule has 0 spiro atoms. The van der Waals surface area contributed by atoms with Crippen LogP contribution in [0, 0.1) is 20.2 Å². The van der Waals surface area contributed by atoms with Gasteiger partial charge in [0.2, 0.25) is 0 Å². The summed E-state index contributed by atoms with van der Waals surface area (Å²) in [6, 6.07) is 16.8. The first kappa shape index (κ1) is 11.7. The van der Waals surface area contributed by atoms with Crippen LogP contribution in [0.25, 0.3) is 11.4 Å². The maximum Gasteiger partial charge on any atom is 0.268 e. The number of rotatable bonds is 2. The smallest absolute Gasteiger partial charge is 0.268 e. The summed E-state index contributed by atoms with van der Waals surface area (Å²) < 4.78 is 4.02. The van der Waals surface area contributed by atoms with Crippen molar-refractivity contribution in [2.45, 2.75) is 13.8 Å². The fourth-order valence-electron chi connectivity index (χ4n) is 2.16. The fourth-order valence-corrected chi connectivity index (χ4v) is 2.16. The van der Waals surface area contributed by atoms with Gasteiger partial charge in [-0.05, 0) is 38.1 Å². The number of aryl methyl sites for hydroxylation is 2. The molecule has 19 heavy (non-hydrogen) atoms. The Balaban J connectivity index is 2.00. The van der Waals surface area contributed by atoms with Gasteiger partial charge in [0.05, 0.1) is 11.4 Å². The van der Waals surface area contributed by atoms with Crippen molar-refractivity contribution < 1.29 is 4.57 Å². The lowest BCUT2D eigenvalue weighted by molar-refractivity contribution is -0.599. The molecule has 2 nitrogen and oxygen atoms in total. The van der Waals surface area contributed by atoms with Crippen LogP contribution < -0.4 is 4.57 Å². The maximum absolute atomic E-state index is 3.33. The molecule has 94 valence electrons. The minimum absolute atomic E-state index is 1.13. The topological polar surface area (TPSA) is 8.81 Å². The molecule has 0 aliphatic heterocycles. The molecule has 0 N–H and O–H groups in total. The van der Waals surface area contributed by atoms with Gasteiger partial charge in [-0.2, -0.15) is 0 Å². The van der Waals surface area contributed by atoms with Crippen molar-refractivity contribution in [2.75, 3.05) is 0 Å². The minimum Gasteiger partial charge on any atom is -0.299 e. The largest absolute Gasteiger partial charge is 0.299 e. The monoisotopic (exact) mass is 248 g/mol. The summed E-state index contributed by atoms with van der Waals surface area (Å²) in [5, 5.41) is 0. The van der Waals surface area contributed by atoms with Crippen LogP contribution in [0.3, 0.4) is 0 Å². The first-order chi connectivity index (χ1) is 9.22. The van der Waals surface area contributed by atoms with E-state index in [1.165, 1.54) is 11.1 Å². The van der Waals surface area contributed by atoms with Crippen molar-refractivity contribution in [3.63, 3.8) is 0 Å². The van der Waals surface area contributed by atoms with Crippen LogP contribution in [0.2, 0.25) is 0 Å². The first-order valence-electron chi connectivity index (χ1n) is 6.39. The molecule has 1 heterocycles. The number of benzene rings is 2. The Kier molecular flexibility index (Phi) is 2.92. The Bertz CT molecular complexity index is 651. The first-order valence-corrected chi connectivity index (χ1v) is 6.39. The average molecular weight is 248 g/mol. The zero-order chi connectivity index (χ0) is 13.2. The molecule has 0 saturated carbocycles. The second-order valence-electron chi connectivity index (χ2n) is 4.82. The van der Waals surface area contributed by atoms with Crippen molar-refractivity contribution in [1.82, 2.24) is 4.57 Å². The Hall–Kier alpha value is -2.35. The van der Waals surface area contributed by atoms with Crippen molar-refractivity contribution in [2.24, 2.45) is 0 Å². The Morgan fingerprint density at radius 3 is 2.42 bits per heavy atom. The third kappa shape index (κ3) is 2.43. The lowest BCUT2D eigenvalue weighted by atomic mass is 10.2. The summed E-state index contributed by atoms with van der Waals surface area (Å²) in [6.07, 6.45) is 7.38. The van der Waals surface area contributed by atoms with Gasteiger partial charge >= 0.3 is 0 Å². The highest BCUT2D eigenvalue weighted by Crippen LogP contribution is 2.09. The average Bonchev–Trinajstić information content (AvgIpc) is 2.88. The maximum atomic E-state index is 3.33. The van der Waals surface area contributed by atoms with Gasteiger partial charge in [-0.1, -0.05) is 35.4 Å². The third-order valence-corrected chi connectivity index (χ3v) is 3.14. The van der Waals surface area contributed by atoms with Gasteiger partial charge in [0, 0.05) is 12.4 Å². The SMILES string of the molecule is Cc1cccc(-n2[c-][n+](-c3cccc(C)c3)cc2)c1. The molecule has 0 amide bonds. The second kappa shape index (κ2) is 4.73. The molecule has 0 radical (unpaired) electrons. The van der Waals surface area contributed by atoms with Crippen LogP contribution in [0.5, 0.6) is 0 Å². The third-order valence-electron chi connectivity index (χ3n) is 3.14. The summed E-state index contributed by atoms with van der Waals surface area (Å²) in [7, 11) is 0. The van der Waals surface area contributed by atoms with E-state index >= 15 is 0 Å². The van der Waals surface area contributed by atoms with E-state index in [4.69, 9.17) is 0 Å². The normalized spacial score (nSPS) is 10.6. The highest BCUT2D eigenvalue weighted by molar-refractivity contribution is 5.35. The van der Waals surface area contributed by atoms with Crippen molar-refractivity contribution in [3.05, 3.63) is 78.4 Å². The number of hydrogen-bond acceptors (Lipinski definition) is 0.